The molecule has 1 aromatic carbocycles. The molecule has 1 amide bonds. The number of likely N-dealkylation sites (tertiary alicyclic amines) is 1. The number of non-ortho nitro benzene ring substituents is 1. The molecule has 0 bridgehead atoms. The van der Waals surface area contributed by atoms with Gasteiger partial charge in [0.05, 0.1) is 34.4 Å². The largest absolute Gasteiger partial charge is 0.456 e. The Bertz CT molecular complexity index is 1580. The minimum absolute atomic E-state index is 0.0628. The van der Waals surface area contributed by atoms with Crippen molar-refractivity contribution in [3.8, 4) is 0 Å². The molecule has 2 fully saturated rings. The average molecular weight is 580 g/mol. The molecular formula is C28H29N5O7S. The van der Waals surface area contributed by atoms with Gasteiger partial charge in [0.15, 0.2) is 5.78 Å². The first kappa shape index (κ1) is 27.2. The second-order valence-corrected chi connectivity index (χ2v) is 11.9. The molecule has 3 aliphatic heterocycles. The summed E-state index contributed by atoms with van der Waals surface area (Å²) < 4.78 is 7.37. The van der Waals surface area contributed by atoms with Crippen LogP contribution in [0.4, 0.5) is 5.69 Å². The van der Waals surface area contributed by atoms with E-state index in [4.69, 9.17) is 4.74 Å². The number of β-lactam (4-membered cyclic amide) rings is 1. The van der Waals surface area contributed by atoms with Crippen molar-refractivity contribution in [3.05, 3.63) is 68.7 Å². The highest BCUT2D eigenvalue weighted by Gasteiger charge is 2.60. The molecule has 214 valence electrons. The fourth-order valence-electron chi connectivity index (χ4n) is 6.15. The molecule has 4 atom stereocenters. The van der Waals surface area contributed by atoms with Gasteiger partial charge in [0, 0.05) is 29.8 Å². The maximum Gasteiger partial charge on any atom is 0.355 e. The first-order chi connectivity index (χ1) is 19.7. The van der Waals surface area contributed by atoms with E-state index in [1.807, 2.05) is 13.1 Å². The first-order valence-corrected chi connectivity index (χ1v) is 14.4. The highest BCUT2D eigenvalue weighted by atomic mass is 32.1. The monoisotopic (exact) mass is 579 g/mol. The number of imidazole rings is 1. The molecule has 0 radical (unpaired) electrons. The smallest absolute Gasteiger partial charge is 0.355 e. The van der Waals surface area contributed by atoms with E-state index in [2.05, 4.69) is 9.88 Å². The van der Waals surface area contributed by atoms with Crippen LogP contribution in [0.15, 0.2) is 42.5 Å². The Morgan fingerprint density at radius 2 is 1.95 bits per heavy atom. The lowest BCUT2D eigenvalue weighted by Gasteiger charge is -2.46. The van der Waals surface area contributed by atoms with E-state index in [0.29, 0.717) is 33.1 Å². The van der Waals surface area contributed by atoms with Crippen molar-refractivity contribution < 1.29 is 29.2 Å². The van der Waals surface area contributed by atoms with Crippen molar-refractivity contribution in [1.82, 2.24) is 19.2 Å². The Kier molecular flexibility index (Phi) is 6.96. The van der Waals surface area contributed by atoms with E-state index in [1.165, 1.54) is 40.5 Å². The third-order valence-electron chi connectivity index (χ3n) is 8.19. The van der Waals surface area contributed by atoms with Gasteiger partial charge in [-0.1, -0.05) is 6.92 Å². The van der Waals surface area contributed by atoms with Gasteiger partial charge in [-0.3, -0.25) is 29.0 Å². The number of esters is 1. The molecule has 0 unspecified atom stereocenters. The van der Waals surface area contributed by atoms with Crippen LogP contribution in [0.25, 0.3) is 10.4 Å². The van der Waals surface area contributed by atoms with Crippen molar-refractivity contribution >= 4 is 45.1 Å². The summed E-state index contributed by atoms with van der Waals surface area (Å²) >= 11 is 1.33. The van der Waals surface area contributed by atoms with Gasteiger partial charge < -0.3 is 14.7 Å². The van der Waals surface area contributed by atoms with E-state index in [9.17, 15) is 29.6 Å². The summed E-state index contributed by atoms with van der Waals surface area (Å²) in [5, 5.41) is 21.3. The zero-order valence-electron chi connectivity index (χ0n) is 22.6. The first-order valence-electron chi connectivity index (χ1n) is 13.5. The fraction of sp³-hybridized carbons (Fsp3) is 0.429. The molecule has 5 heterocycles. The topological polar surface area (TPSA) is 148 Å². The number of nitro groups is 1. The van der Waals surface area contributed by atoms with E-state index < -0.39 is 29.0 Å². The molecule has 0 aliphatic carbocycles. The molecule has 12 nitrogen and oxygen atoms in total. The number of nitro benzene ring substituents is 1. The predicted molar refractivity (Wildman–Crippen MR) is 148 cm³/mol. The Hall–Kier alpha value is -3.94. The van der Waals surface area contributed by atoms with Crippen molar-refractivity contribution in [2.24, 2.45) is 11.8 Å². The lowest BCUT2D eigenvalue weighted by molar-refractivity contribution is -0.384. The maximum absolute atomic E-state index is 13.5. The molecule has 0 spiro atoms. The zero-order chi connectivity index (χ0) is 29.0. The standard InChI is InChI=1S/C28H29N5O7S/c1-15-21(20-12-31-14-29-23(27(31)41-20)19(35)11-30-9-3-4-10-30)25(32-24(15)22(16(2)34)26(32)36)28(37)40-13-17-5-7-18(8-6-17)33(38)39/h5-8,12,14-16,22,24,34H,3-4,9-11,13H2,1-2H3/t15-,16+,22+,24+/m0/s1. The molecule has 3 aromatic rings. The van der Waals surface area contributed by atoms with Crippen LogP contribution < -0.4 is 0 Å². The molecule has 41 heavy (non-hydrogen) atoms. The number of hydrogen-bond donors (Lipinski definition) is 1. The summed E-state index contributed by atoms with van der Waals surface area (Å²) in [6.07, 6.45) is 4.66. The van der Waals surface area contributed by atoms with Crippen LogP contribution in [-0.4, -0.2) is 78.7 Å². The van der Waals surface area contributed by atoms with Gasteiger partial charge in [-0.25, -0.2) is 9.78 Å². The van der Waals surface area contributed by atoms with E-state index in [0.717, 1.165) is 25.9 Å². The van der Waals surface area contributed by atoms with E-state index in [1.54, 1.807) is 17.7 Å². The summed E-state index contributed by atoms with van der Waals surface area (Å²) in [6.45, 7) is 5.43. The number of benzene rings is 1. The van der Waals surface area contributed by atoms with Crippen molar-refractivity contribution in [2.75, 3.05) is 19.6 Å². The molecule has 3 aliphatic rings. The molecule has 2 aromatic heterocycles. The van der Waals surface area contributed by atoms with Crippen LogP contribution in [0, 0.1) is 22.0 Å². The van der Waals surface area contributed by atoms with Crippen LogP contribution in [0.5, 0.6) is 0 Å². The Labute approximate surface area is 239 Å². The minimum Gasteiger partial charge on any atom is -0.456 e. The van der Waals surface area contributed by atoms with Gasteiger partial charge in [-0.2, -0.15) is 0 Å². The second-order valence-electron chi connectivity index (χ2n) is 10.8. The van der Waals surface area contributed by atoms with Crippen LogP contribution in [0.2, 0.25) is 0 Å². The number of aromatic nitrogens is 2. The number of fused-ring (bicyclic) bond motifs is 2. The molecular weight excluding hydrogens is 550 g/mol. The lowest BCUT2D eigenvalue weighted by Crippen LogP contribution is -2.63. The quantitative estimate of drug-likeness (QED) is 0.133. The van der Waals surface area contributed by atoms with Gasteiger partial charge in [-0.05, 0) is 50.6 Å². The summed E-state index contributed by atoms with van der Waals surface area (Å²) in [4.78, 5) is 59.5. The van der Waals surface area contributed by atoms with E-state index >= 15 is 0 Å². The van der Waals surface area contributed by atoms with Crippen LogP contribution in [-0.2, 0) is 20.9 Å². The number of Topliss-reactive ketones (excluding diaryl/α,β-unsaturated/α-hetero) is 1. The van der Waals surface area contributed by atoms with Gasteiger partial charge >= 0.3 is 5.97 Å². The number of rotatable bonds is 9. The van der Waals surface area contributed by atoms with Crippen LogP contribution in [0.1, 0.15) is 47.6 Å². The summed E-state index contributed by atoms with van der Waals surface area (Å²) in [6, 6.07) is 5.28. The number of aliphatic hydroxyl groups is 1. The number of amides is 1. The van der Waals surface area contributed by atoms with Gasteiger partial charge in [0.25, 0.3) is 5.69 Å². The van der Waals surface area contributed by atoms with Crippen molar-refractivity contribution in [2.45, 2.75) is 45.4 Å². The summed E-state index contributed by atoms with van der Waals surface area (Å²) in [5.74, 6) is -2.04. The third kappa shape index (κ3) is 4.63. The number of hydrogen-bond acceptors (Lipinski definition) is 10. The predicted octanol–water partition coefficient (Wildman–Crippen LogP) is 2.89. The molecule has 13 heteroatoms. The summed E-state index contributed by atoms with van der Waals surface area (Å²) in [5.41, 5.74) is 1.60. The van der Waals surface area contributed by atoms with Gasteiger partial charge in [0.1, 0.15) is 29.2 Å². The number of carbonyl (C=O) groups is 3. The highest BCUT2D eigenvalue weighted by molar-refractivity contribution is 7.18. The number of thiazole rings is 1. The van der Waals surface area contributed by atoms with Crippen molar-refractivity contribution in [3.63, 3.8) is 0 Å². The number of nitrogens with zero attached hydrogens (tertiary/aromatic N) is 5. The van der Waals surface area contributed by atoms with Crippen LogP contribution in [0.3, 0.4) is 0 Å². The second kappa shape index (κ2) is 10.5. The molecule has 2 saturated heterocycles. The lowest BCUT2D eigenvalue weighted by atomic mass is 9.77. The molecule has 0 saturated carbocycles. The van der Waals surface area contributed by atoms with Gasteiger partial charge in [0.2, 0.25) is 5.91 Å². The minimum atomic E-state index is -0.888. The normalized spacial score (nSPS) is 23.1. The van der Waals surface area contributed by atoms with E-state index in [-0.39, 0.29) is 35.6 Å². The third-order valence-corrected chi connectivity index (χ3v) is 9.33. The highest BCUT2D eigenvalue weighted by Crippen LogP contribution is 2.51. The number of carbonyl (C=O) groups excluding carboxylic acids is 3. The molecule has 1 N–H and O–H groups in total. The fourth-order valence-corrected chi connectivity index (χ4v) is 7.38. The van der Waals surface area contributed by atoms with Gasteiger partial charge in [-0.15, -0.1) is 11.3 Å². The number of aliphatic hydroxyl groups excluding tert-OH is 1. The zero-order valence-corrected chi connectivity index (χ0v) is 23.4. The Balaban J connectivity index is 1.32. The maximum atomic E-state index is 13.5. The van der Waals surface area contributed by atoms with Crippen LogP contribution >= 0.6 is 11.3 Å². The Morgan fingerprint density at radius 3 is 2.61 bits per heavy atom. The van der Waals surface area contributed by atoms with Crippen molar-refractivity contribution in [1.29, 1.82) is 0 Å². The SMILES string of the molecule is C[C@@H](O)[C@H]1C(=O)N2C(C(=O)OCc3ccc([N+](=O)[O-])cc3)=C(c3cn4cnc(C(=O)CN5CCCC5)c4s3)[C@H](C)[C@H]12. The summed E-state index contributed by atoms with van der Waals surface area (Å²) in [7, 11) is 0. The average Bonchev–Trinajstić information content (AvgIpc) is 3.70. The Morgan fingerprint density at radius 1 is 1.24 bits per heavy atom. The number of ether oxygens (including phenoxy) is 1. The molecule has 6 rings (SSSR count). The number of ketones is 1.